The van der Waals surface area contributed by atoms with E-state index in [9.17, 15) is 13.2 Å². The highest BCUT2D eigenvalue weighted by Gasteiger charge is 2.37. The van der Waals surface area contributed by atoms with Crippen LogP contribution in [0.25, 0.3) is 0 Å². The van der Waals surface area contributed by atoms with Gasteiger partial charge in [0.25, 0.3) is 10.0 Å². The minimum atomic E-state index is -3.43. The third-order valence-electron chi connectivity index (χ3n) is 3.91. The summed E-state index contributed by atoms with van der Waals surface area (Å²) in [7, 11) is -3.43. The molecule has 0 aromatic carbocycles. The Morgan fingerprint density at radius 2 is 1.90 bits per heavy atom. The van der Waals surface area contributed by atoms with Gasteiger partial charge in [-0.15, -0.1) is 11.3 Å². The summed E-state index contributed by atoms with van der Waals surface area (Å²) in [6, 6.07) is 1.70. The Balaban J connectivity index is 1.69. The van der Waals surface area contributed by atoms with Gasteiger partial charge in [-0.3, -0.25) is 4.79 Å². The van der Waals surface area contributed by atoms with E-state index in [2.05, 4.69) is 15.9 Å². The topological polar surface area (TPSA) is 57.7 Å². The van der Waals surface area contributed by atoms with Gasteiger partial charge < -0.3 is 4.90 Å². The van der Waals surface area contributed by atoms with Crippen LogP contribution in [0.5, 0.6) is 0 Å². The smallest absolute Gasteiger partial charge is 0.252 e. The van der Waals surface area contributed by atoms with Gasteiger partial charge >= 0.3 is 0 Å². The Morgan fingerprint density at radius 3 is 2.38 bits per heavy atom. The van der Waals surface area contributed by atoms with Crippen LogP contribution in [0.2, 0.25) is 0 Å². The molecule has 0 unspecified atom stereocenters. The van der Waals surface area contributed by atoms with Crippen LogP contribution >= 0.6 is 27.3 Å². The molecule has 1 aliphatic heterocycles. The van der Waals surface area contributed by atoms with E-state index in [0.717, 1.165) is 22.2 Å². The number of rotatable bonds is 3. The summed E-state index contributed by atoms with van der Waals surface area (Å²) in [4.78, 5) is 13.8. The van der Waals surface area contributed by atoms with Gasteiger partial charge in [-0.25, -0.2) is 8.42 Å². The van der Waals surface area contributed by atoms with Gasteiger partial charge in [0.15, 0.2) is 0 Å². The first-order valence-corrected chi connectivity index (χ1v) is 9.99. The van der Waals surface area contributed by atoms with E-state index in [-0.39, 0.29) is 11.8 Å². The lowest BCUT2D eigenvalue weighted by Crippen LogP contribution is -2.50. The zero-order chi connectivity index (χ0) is 15.2. The van der Waals surface area contributed by atoms with Crippen molar-refractivity contribution in [2.45, 2.75) is 24.0 Å². The van der Waals surface area contributed by atoms with Crippen LogP contribution < -0.4 is 0 Å². The predicted octanol–water partition coefficient (Wildman–Crippen LogP) is 2.06. The van der Waals surface area contributed by atoms with E-state index in [1.807, 2.05) is 6.92 Å². The zero-order valence-electron chi connectivity index (χ0n) is 11.7. The molecule has 2 fully saturated rings. The minimum absolute atomic E-state index is 0.196. The maximum atomic E-state index is 12.6. The van der Waals surface area contributed by atoms with Gasteiger partial charge in [0.1, 0.15) is 4.21 Å². The van der Waals surface area contributed by atoms with Crippen LogP contribution in [0.1, 0.15) is 18.4 Å². The highest BCUT2D eigenvalue weighted by Crippen LogP contribution is 2.34. The molecule has 3 rings (SSSR count). The maximum absolute atomic E-state index is 12.6. The molecule has 1 aromatic heterocycles. The Kier molecular flexibility index (Phi) is 4.15. The Hall–Kier alpha value is -0.440. The number of aryl methyl sites for hydroxylation is 1. The predicted molar refractivity (Wildman–Crippen MR) is 84.8 cm³/mol. The SMILES string of the molecule is Cc1cc(S(=O)(=O)N2CCN(C(=O)C3CC3)CC2)sc1Br. The molecule has 2 heterocycles. The van der Waals surface area contributed by atoms with Gasteiger partial charge in [-0.2, -0.15) is 4.31 Å². The van der Waals surface area contributed by atoms with Crippen molar-refractivity contribution in [3.05, 3.63) is 15.4 Å². The van der Waals surface area contributed by atoms with Crippen LogP contribution in [-0.2, 0) is 14.8 Å². The van der Waals surface area contributed by atoms with E-state index in [0.29, 0.717) is 30.4 Å². The summed E-state index contributed by atoms with van der Waals surface area (Å²) in [5.74, 6) is 0.394. The largest absolute Gasteiger partial charge is 0.340 e. The standard InChI is InChI=1S/C13H17BrN2O3S2/c1-9-8-11(20-12(9)14)21(18,19)16-6-4-15(5-7-16)13(17)10-2-3-10/h8,10H,2-7H2,1H3. The lowest BCUT2D eigenvalue weighted by Gasteiger charge is -2.33. The molecule has 2 aliphatic rings. The van der Waals surface area contributed by atoms with Crippen LogP contribution in [0.15, 0.2) is 14.1 Å². The molecule has 0 N–H and O–H groups in total. The average Bonchev–Trinajstić information content (AvgIpc) is 3.25. The maximum Gasteiger partial charge on any atom is 0.252 e. The average molecular weight is 393 g/mol. The number of sulfonamides is 1. The van der Waals surface area contributed by atoms with Crippen molar-refractivity contribution in [3.8, 4) is 0 Å². The molecule has 8 heteroatoms. The highest BCUT2D eigenvalue weighted by atomic mass is 79.9. The summed E-state index contributed by atoms with van der Waals surface area (Å²) in [5, 5.41) is 0. The fraction of sp³-hybridized carbons (Fsp3) is 0.615. The number of halogens is 1. The lowest BCUT2D eigenvalue weighted by molar-refractivity contribution is -0.133. The highest BCUT2D eigenvalue weighted by molar-refractivity contribution is 9.11. The fourth-order valence-electron chi connectivity index (χ4n) is 2.42. The number of hydrogen-bond acceptors (Lipinski definition) is 4. The quantitative estimate of drug-likeness (QED) is 0.790. The van der Waals surface area contributed by atoms with Crippen molar-refractivity contribution in [2.75, 3.05) is 26.2 Å². The summed E-state index contributed by atoms with van der Waals surface area (Å²) >= 11 is 4.61. The van der Waals surface area contributed by atoms with Gasteiger partial charge in [0.05, 0.1) is 3.79 Å². The summed E-state index contributed by atoms with van der Waals surface area (Å²) in [6.45, 7) is 3.65. The molecule has 0 spiro atoms. The van der Waals surface area contributed by atoms with Gasteiger partial charge in [0.2, 0.25) is 5.91 Å². The Morgan fingerprint density at radius 1 is 1.29 bits per heavy atom. The number of carbonyl (C=O) groups excluding carboxylic acids is 1. The van der Waals surface area contributed by atoms with Crippen molar-refractivity contribution >= 4 is 43.2 Å². The molecular formula is C13H17BrN2O3S2. The molecule has 21 heavy (non-hydrogen) atoms. The molecule has 5 nitrogen and oxygen atoms in total. The summed E-state index contributed by atoms with van der Waals surface area (Å²) < 4.78 is 27.9. The van der Waals surface area contributed by atoms with E-state index in [1.165, 1.54) is 15.6 Å². The molecule has 0 bridgehead atoms. The molecule has 0 radical (unpaired) electrons. The molecule has 116 valence electrons. The minimum Gasteiger partial charge on any atom is -0.340 e. The van der Waals surface area contributed by atoms with Crippen molar-refractivity contribution in [3.63, 3.8) is 0 Å². The monoisotopic (exact) mass is 392 g/mol. The number of thiophene rings is 1. The first-order valence-electron chi connectivity index (χ1n) is 6.94. The molecule has 1 aromatic rings. The number of carbonyl (C=O) groups is 1. The molecule has 1 amide bonds. The van der Waals surface area contributed by atoms with E-state index >= 15 is 0 Å². The number of nitrogens with zero attached hydrogens (tertiary/aromatic N) is 2. The number of hydrogen-bond donors (Lipinski definition) is 0. The summed E-state index contributed by atoms with van der Waals surface area (Å²) in [6.07, 6.45) is 1.97. The molecule has 1 saturated carbocycles. The third kappa shape index (κ3) is 3.04. The summed E-state index contributed by atoms with van der Waals surface area (Å²) in [5.41, 5.74) is 0.932. The fourth-order valence-corrected chi connectivity index (χ4v) is 6.23. The van der Waals surface area contributed by atoms with Crippen molar-refractivity contribution in [1.82, 2.24) is 9.21 Å². The second-order valence-corrected chi connectivity index (χ2v) is 10.1. The van der Waals surface area contributed by atoms with Crippen LogP contribution in [0.3, 0.4) is 0 Å². The zero-order valence-corrected chi connectivity index (χ0v) is 14.9. The van der Waals surface area contributed by atoms with Gasteiger partial charge in [-0.05, 0) is 47.3 Å². The molecule has 1 aliphatic carbocycles. The second kappa shape index (κ2) is 5.64. The number of amides is 1. The van der Waals surface area contributed by atoms with Gasteiger partial charge in [-0.1, -0.05) is 0 Å². The van der Waals surface area contributed by atoms with Crippen LogP contribution in [0.4, 0.5) is 0 Å². The van der Waals surface area contributed by atoms with Gasteiger partial charge in [0, 0.05) is 32.1 Å². The first kappa shape index (κ1) is 15.5. The van der Waals surface area contributed by atoms with Crippen molar-refractivity contribution in [1.29, 1.82) is 0 Å². The Bertz CT molecular complexity index is 639. The van der Waals surface area contributed by atoms with E-state index in [4.69, 9.17) is 0 Å². The second-order valence-electron chi connectivity index (χ2n) is 5.53. The molecule has 1 saturated heterocycles. The third-order valence-corrected chi connectivity index (χ3v) is 8.39. The lowest BCUT2D eigenvalue weighted by atomic mass is 10.3. The molecule has 0 atom stereocenters. The van der Waals surface area contributed by atoms with E-state index < -0.39 is 10.0 Å². The van der Waals surface area contributed by atoms with E-state index in [1.54, 1.807) is 11.0 Å². The van der Waals surface area contributed by atoms with Crippen molar-refractivity contribution < 1.29 is 13.2 Å². The van der Waals surface area contributed by atoms with Crippen LogP contribution in [0, 0.1) is 12.8 Å². The van der Waals surface area contributed by atoms with Crippen LogP contribution in [-0.4, -0.2) is 49.7 Å². The normalized spacial score (nSPS) is 20.8. The number of piperazine rings is 1. The first-order chi connectivity index (χ1) is 9.89. The Labute approximate surface area is 137 Å². The molecular weight excluding hydrogens is 376 g/mol. The van der Waals surface area contributed by atoms with Crippen molar-refractivity contribution in [2.24, 2.45) is 5.92 Å².